The van der Waals surface area contributed by atoms with Crippen LogP contribution < -0.4 is 0 Å². The molecule has 0 unspecified atom stereocenters. The maximum atomic E-state index is 5.96. The summed E-state index contributed by atoms with van der Waals surface area (Å²) in [7, 11) is 0. The third-order valence-corrected chi connectivity index (χ3v) is 3.05. The van der Waals surface area contributed by atoms with Gasteiger partial charge in [0.25, 0.3) is 0 Å². The zero-order valence-corrected chi connectivity index (χ0v) is 8.70. The standard InChI is InChI=1S/C8H4Cl2N2S/c9-5-1-2-11-7(6(5)10)8-12-3-4-13-8/h1-4H. The Morgan fingerprint density at radius 1 is 1.15 bits per heavy atom. The van der Waals surface area contributed by atoms with Crippen molar-refractivity contribution < 1.29 is 0 Å². The summed E-state index contributed by atoms with van der Waals surface area (Å²) in [6.45, 7) is 0. The molecular weight excluding hydrogens is 227 g/mol. The number of hydrogen-bond donors (Lipinski definition) is 0. The van der Waals surface area contributed by atoms with E-state index in [9.17, 15) is 0 Å². The summed E-state index contributed by atoms with van der Waals surface area (Å²) in [5.74, 6) is 0. The fourth-order valence-corrected chi connectivity index (χ4v) is 1.95. The molecule has 66 valence electrons. The van der Waals surface area contributed by atoms with Gasteiger partial charge in [0.2, 0.25) is 0 Å². The van der Waals surface area contributed by atoms with E-state index in [2.05, 4.69) is 9.97 Å². The van der Waals surface area contributed by atoms with Crippen LogP contribution in [-0.4, -0.2) is 9.97 Å². The highest BCUT2D eigenvalue weighted by Crippen LogP contribution is 2.31. The van der Waals surface area contributed by atoms with Crippen molar-refractivity contribution in [2.75, 3.05) is 0 Å². The molecular formula is C8H4Cl2N2S. The van der Waals surface area contributed by atoms with E-state index in [-0.39, 0.29) is 0 Å². The summed E-state index contributed by atoms with van der Waals surface area (Å²) in [5.41, 5.74) is 0.643. The molecule has 0 aromatic carbocycles. The van der Waals surface area contributed by atoms with Crippen LogP contribution in [0.1, 0.15) is 0 Å². The number of halogens is 2. The lowest BCUT2D eigenvalue weighted by Crippen LogP contribution is -1.83. The van der Waals surface area contributed by atoms with Crippen LogP contribution in [0.2, 0.25) is 10.0 Å². The van der Waals surface area contributed by atoms with Crippen molar-refractivity contribution >= 4 is 34.5 Å². The van der Waals surface area contributed by atoms with Gasteiger partial charge < -0.3 is 0 Å². The SMILES string of the molecule is Clc1ccnc(-c2nccs2)c1Cl. The van der Waals surface area contributed by atoms with Crippen LogP contribution in [-0.2, 0) is 0 Å². The van der Waals surface area contributed by atoms with Crippen LogP contribution in [0, 0.1) is 0 Å². The molecule has 13 heavy (non-hydrogen) atoms. The smallest absolute Gasteiger partial charge is 0.143 e. The van der Waals surface area contributed by atoms with Crippen LogP contribution >= 0.6 is 34.5 Å². The average Bonchev–Trinajstić information content (AvgIpc) is 2.62. The van der Waals surface area contributed by atoms with E-state index in [0.717, 1.165) is 5.01 Å². The molecule has 5 heteroatoms. The second-order valence-corrected chi connectivity index (χ2v) is 3.97. The molecule has 2 nitrogen and oxygen atoms in total. The lowest BCUT2D eigenvalue weighted by molar-refractivity contribution is 1.29. The third kappa shape index (κ3) is 1.68. The van der Waals surface area contributed by atoms with E-state index >= 15 is 0 Å². The Labute approximate surface area is 89.2 Å². The molecule has 0 saturated carbocycles. The zero-order valence-electron chi connectivity index (χ0n) is 6.37. The van der Waals surface area contributed by atoms with Crippen molar-refractivity contribution in [1.82, 2.24) is 9.97 Å². The van der Waals surface area contributed by atoms with Gasteiger partial charge in [-0.3, -0.25) is 4.98 Å². The maximum Gasteiger partial charge on any atom is 0.143 e. The molecule has 2 aromatic heterocycles. The summed E-state index contributed by atoms with van der Waals surface area (Å²) >= 11 is 13.3. The highest BCUT2D eigenvalue weighted by atomic mass is 35.5. The molecule has 0 bridgehead atoms. The van der Waals surface area contributed by atoms with Gasteiger partial charge in [-0.25, -0.2) is 4.98 Å². The quantitative estimate of drug-likeness (QED) is 0.750. The van der Waals surface area contributed by atoms with Gasteiger partial charge in [0.05, 0.1) is 10.0 Å². The molecule has 2 aromatic rings. The van der Waals surface area contributed by atoms with Crippen LogP contribution in [0.25, 0.3) is 10.7 Å². The molecule has 0 amide bonds. The summed E-state index contributed by atoms with van der Waals surface area (Å²) in [6, 6.07) is 1.65. The molecule has 0 fully saturated rings. The Hall–Kier alpha value is -0.640. The fourth-order valence-electron chi connectivity index (χ4n) is 0.910. The molecule has 0 saturated heterocycles. The van der Waals surface area contributed by atoms with Crippen LogP contribution in [0.3, 0.4) is 0 Å². The van der Waals surface area contributed by atoms with Crippen molar-refractivity contribution in [1.29, 1.82) is 0 Å². The van der Waals surface area contributed by atoms with E-state index in [0.29, 0.717) is 15.7 Å². The van der Waals surface area contributed by atoms with Gasteiger partial charge in [-0.05, 0) is 6.07 Å². The molecule has 0 atom stereocenters. The van der Waals surface area contributed by atoms with E-state index in [1.165, 1.54) is 11.3 Å². The largest absolute Gasteiger partial charge is 0.252 e. The predicted octanol–water partition coefficient (Wildman–Crippen LogP) is 3.51. The Morgan fingerprint density at radius 3 is 2.69 bits per heavy atom. The molecule has 2 heterocycles. The van der Waals surface area contributed by atoms with Crippen LogP contribution in [0.4, 0.5) is 0 Å². The van der Waals surface area contributed by atoms with E-state index in [4.69, 9.17) is 23.2 Å². The summed E-state index contributed by atoms with van der Waals surface area (Å²) in [6.07, 6.45) is 3.32. The first kappa shape index (κ1) is 8.94. The highest BCUT2D eigenvalue weighted by Gasteiger charge is 2.09. The number of aromatic nitrogens is 2. The van der Waals surface area contributed by atoms with Crippen LogP contribution in [0.15, 0.2) is 23.8 Å². The predicted molar refractivity (Wildman–Crippen MR) is 55.4 cm³/mol. The molecule has 0 aliphatic rings. The van der Waals surface area contributed by atoms with Gasteiger partial charge in [0, 0.05) is 17.8 Å². The number of pyridine rings is 1. The second-order valence-electron chi connectivity index (χ2n) is 2.29. The molecule has 0 aliphatic heterocycles. The maximum absolute atomic E-state index is 5.96. The first-order valence-corrected chi connectivity index (χ1v) is 5.12. The third-order valence-electron chi connectivity index (χ3n) is 1.48. The normalized spacial score (nSPS) is 10.3. The molecule has 0 spiro atoms. The second kappa shape index (κ2) is 3.62. The van der Waals surface area contributed by atoms with Crippen molar-refractivity contribution in [3.63, 3.8) is 0 Å². The first-order chi connectivity index (χ1) is 6.29. The summed E-state index contributed by atoms with van der Waals surface area (Å²) < 4.78 is 0. The van der Waals surface area contributed by atoms with Gasteiger partial charge in [0.1, 0.15) is 10.7 Å². The fraction of sp³-hybridized carbons (Fsp3) is 0. The minimum absolute atomic E-state index is 0.458. The summed E-state index contributed by atoms with van der Waals surface area (Å²) in [5, 5.41) is 3.61. The number of hydrogen-bond acceptors (Lipinski definition) is 3. The number of rotatable bonds is 1. The Balaban J connectivity index is 2.59. The first-order valence-electron chi connectivity index (χ1n) is 3.49. The highest BCUT2D eigenvalue weighted by molar-refractivity contribution is 7.13. The van der Waals surface area contributed by atoms with E-state index in [1.807, 2.05) is 5.38 Å². The lowest BCUT2D eigenvalue weighted by atomic mass is 10.3. The monoisotopic (exact) mass is 230 g/mol. The molecule has 0 radical (unpaired) electrons. The van der Waals surface area contributed by atoms with E-state index < -0.39 is 0 Å². The van der Waals surface area contributed by atoms with Gasteiger partial charge >= 0.3 is 0 Å². The number of nitrogens with zero attached hydrogens (tertiary/aromatic N) is 2. The van der Waals surface area contributed by atoms with Gasteiger partial charge in [-0.2, -0.15) is 0 Å². The van der Waals surface area contributed by atoms with Crippen molar-refractivity contribution in [2.45, 2.75) is 0 Å². The summed E-state index contributed by atoms with van der Waals surface area (Å²) in [4.78, 5) is 8.21. The average molecular weight is 231 g/mol. The number of thiazole rings is 1. The van der Waals surface area contributed by atoms with Crippen molar-refractivity contribution in [3.05, 3.63) is 33.9 Å². The zero-order chi connectivity index (χ0) is 9.26. The minimum Gasteiger partial charge on any atom is -0.252 e. The lowest BCUT2D eigenvalue weighted by Gasteiger charge is -1.99. The van der Waals surface area contributed by atoms with Crippen LogP contribution in [0.5, 0.6) is 0 Å². The van der Waals surface area contributed by atoms with Gasteiger partial charge in [-0.15, -0.1) is 11.3 Å². The Bertz CT molecular complexity index is 414. The molecule has 0 aliphatic carbocycles. The van der Waals surface area contributed by atoms with Crippen molar-refractivity contribution in [3.8, 4) is 10.7 Å². The molecule has 2 rings (SSSR count). The molecule has 0 N–H and O–H groups in total. The topological polar surface area (TPSA) is 25.8 Å². The Morgan fingerprint density at radius 2 is 2.00 bits per heavy atom. The Kier molecular flexibility index (Phi) is 2.49. The van der Waals surface area contributed by atoms with Crippen molar-refractivity contribution in [2.24, 2.45) is 0 Å². The van der Waals surface area contributed by atoms with Gasteiger partial charge in [0.15, 0.2) is 0 Å². The van der Waals surface area contributed by atoms with E-state index in [1.54, 1.807) is 18.5 Å². The van der Waals surface area contributed by atoms with Gasteiger partial charge in [-0.1, -0.05) is 23.2 Å². The minimum atomic E-state index is 0.458.